The Labute approximate surface area is 193 Å². The summed E-state index contributed by atoms with van der Waals surface area (Å²) >= 11 is 0. The Bertz CT molecular complexity index is 1250. The van der Waals surface area contributed by atoms with Gasteiger partial charge in [0.1, 0.15) is 25.4 Å². The van der Waals surface area contributed by atoms with Crippen molar-refractivity contribution in [2.45, 2.75) is 19.8 Å². The summed E-state index contributed by atoms with van der Waals surface area (Å²) in [6.45, 7) is 5.90. The number of hydrogen-bond acceptors (Lipinski definition) is 7. The summed E-state index contributed by atoms with van der Waals surface area (Å²) in [6.07, 6.45) is 3.35. The maximum absolute atomic E-state index is 5.80. The first-order valence-corrected chi connectivity index (χ1v) is 10.4. The molecule has 0 bridgehead atoms. The minimum absolute atomic E-state index is 0. The number of benzene rings is 1. The largest absolute Gasteiger partial charge is 0.484 e. The monoisotopic (exact) mass is 447 g/mol. The van der Waals surface area contributed by atoms with Crippen LogP contribution in [0.2, 0.25) is 0 Å². The molecule has 3 aromatic heterocycles. The Morgan fingerprint density at radius 2 is 1.88 bits per heavy atom. The number of nitrogens with one attached hydrogen (secondary N) is 1. The molecule has 5 rings (SSSR count). The molecule has 1 aliphatic rings. The molecule has 8 heteroatoms. The Kier molecular flexibility index (Phi) is 6.41. The molecule has 0 fully saturated rings. The number of aryl methyl sites for hydroxylation is 1. The Hall–Kier alpha value is -3.39. The number of nitrogens with zero attached hydrogens (tertiary/aromatic N) is 4. The van der Waals surface area contributed by atoms with Gasteiger partial charge in [-0.05, 0) is 31.2 Å². The van der Waals surface area contributed by atoms with Crippen LogP contribution in [0.15, 0.2) is 55.0 Å². The molecule has 0 saturated heterocycles. The minimum Gasteiger partial charge on any atom is -0.484 e. The predicted octanol–water partition coefficient (Wildman–Crippen LogP) is 4.49. The van der Waals surface area contributed by atoms with Gasteiger partial charge in [0.05, 0.1) is 11.2 Å². The number of ether oxygens (including phenoxy) is 2. The van der Waals surface area contributed by atoms with Crippen molar-refractivity contribution in [2.75, 3.05) is 25.1 Å². The first-order valence-electron chi connectivity index (χ1n) is 10.4. The molecule has 1 N–H and O–H groups in total. The van der Waals surface area contributed by atoms with Gasteiger partial charge in [0.25, 0.3) is 5.88 Å². The van der Waals surface area contributed by atoms with Crippen molar-refractivity contribution < 1.29 is 9.47 Å². The van der Waals surface area contributed by atoms with Crippen molar-refractivity contribution in [1.82, 2.24) is 19.9 Å². The van der Waals surface area contributed by atoms with Crippen LogP contribution in [0.5, 0.6) is 11.6 Å². The zero-order valence-corrected chi connectivity index (χ0v) is 19.0. The average molecular weight is 448 g/mol. The smallest absolute Gasteiger partial charge is 0.257 e. The van der Waals surface area contributed by atoms with E-state index in [1.165, 1.54) is 0 Å². The summed E-state index contributed by atoms with van der Waals surface area (Å²) in [5.74, 6) is 2.28. The second kappa shape index (κ2) is 9.40. The van der Waals surface area contributed by atoms with Crippen molar-refractivity contribution in [2.24, 2.45) is 0 Å². The van der Waals surface area contributed by atoms with Gasteiger partial charge >= 0.3 is 0 Å². The number of pyridine rings is 2. The van der Waals surface area contributed by atoms with Crippen LogP contribution in [0.25, 0.3) is 22.2 Å². The van der Waals surface area contributed by atoms with Crippen LogP contribution in [0.1, 0.15) is 24.1 Å². The molecule has 4 heterocycles. The van der Waals surface area contributed by atoms with Gasteiger partial charge in [-0.3, -0.25) is 4.98 Å². The lowest BCUT2D eigenvalue weighted by molar-refractivity contribution is 0.162. The van der Waals surface area contributed by atoms with E-state index in [2.05, 4.69) is 44.3 Å². The molecule has 1 aliphatic heterocycles. The normalized spacial score (nSPS) is 13.3. The summed E-state index contributed by atoms with van der Waals surface area (Å²) in [7, 11) is 0. The third-order valence-corrected chi connectivity index (χ3v) is 5.38. The zero-order chi connectivity index (χ0) is 21.2. The summed E-state index contributed by atoms with van der Waals surface area (Å²) in [4.78, 5) is 17.7. The molecule has 32 heavy (non-hydrogen) atoms. The van der Waals surface area contributed by atoms with Crippen molar-refractivity contribution >= 4 is 30.2 Å². The topological polar surface area (TPSA) is 82.1 Å². The lowest BCUT2D eigenvalue weighted by Gasteiger charge is -2.22. The van der Waals surface area contributed by atoms with E-state index in [1.54, 1.807) is 12.5 Å². The second-order valence-corrected chi connectivity index (χ2v) is 7.66. The van der Waals surface area contributed by atoms with E-state index in [4.69, 9.17) is 9.47 Å². The van der Waals surface area contributed by atoms with Crippen LogP contribution in [-0.4, -0.2) is 39.7 Å². The number of anilines is 1. The van der Waals surface area contributed by atoms with Gasteiger partial charge in [0.15, 0.2) is 5.75 Å². The van der Waals surface area contributed by atoms with Crippen LogP contribution < -0.4 is 14.8 Å². The van der Waals surface area contributed by atoms with Crippen molar-refractivity contribution in [3.8, 4) is 22.9 Å². The van der Waals surface area contributed by atoms with Crippen molar-refractivity contribution in [1.29, 1.82) is 0 Å². The molecule has 0 saturated carbocycles. The molecular weight excluding hydrogens is 422 g/mol. The second-order valence-electron chi connectivity index (χ2n) is 7.66. The maximum Gasteiger partial charge on any atom is 0.257 e. The van der Waals surface area contributed by atoms with Gasteiger partial charge in [-0.15, -0.1) is 0 Å². The lowest BCUT2D eigenvalue weighted by Crippen LogP contribution is -2.19. The Balaban J connectivity index is 0.00000245. The summed E-state index contributed by atoms with van der Waals surface area (Å²) < 4.78 is 11.4. The Morgan fingerprint density at radius 3 is 2.78 bits per heavy atom. The van der Waals surface area contributed by atoms with E-state index >= 15 is 0 Å². The molecule has 0 amide bonds. The highest BCUT2D eigenvalue weighted by molar-refractivity contribution is 7.59. The van der Waals surface area contributed by atoms with Gasteiger partial charge in [0, 0.05) is 46.9 Å². The number of rotatable bonds is 5. The molecule has 164 valence electrons. The van der Waals surface area contributed by atoms with Gasteiger partial charge in [0.2, 0.25) is 0 Å². The van der Waals surface area contributed by atoms with Crippen LogP contribution in [0.4, 0.5) is 5.82 Å². The fraction of sp³-hybridized carbons (Fsp3) is 0.250. The van der Waals surface area contributed by atoms with Crippen LogP contribution in [0.3, 0.4) is 0 Å². The number of aromatic nitrogens is 4. The highest BCUT2D eigenvalue weighted by Crippen LogP contribution is 2.35. The van der Waals surface area contributed by atoms with E-state index < -0.39 is 0 Å². The van der Waals surface area contributed by atoms with E-state index in [1.807, 2.05) is 37.3 Å². The predicted molar refractivity (Wildman–Crippen MR) is 130 cm³/mol. The standard InChI is InChI=1S/C24H23N5O2.H2S/c1-15(19-7-8-25-24-23(19)30-9-10-31-24)13-26-22-12-21(27-14-28-22)18-5-6-20-17(11-18)4-3-16(2)29-20;/h3-8,11-12,14-15H,9-10,13H2,1-2H3,(H,26,27,28);1H2/t15-;/m1./s1. The molecule has 0 spiro atoms. The van der Waals surface area contributed by atoms with Crippen molar-refractivity contribution in [3.63, 3.8) is 0 Å². The molecule has 1 aromatic carbocycles. The van der Waals surface area contributed by atoms with Gasteiger partial charge in [-0.25, -0.2) is 15.0 Å². The zero-order valence-electron chi connectivity index (χ0n) is 18.0. The summed E-state index contributed by atoms with van der Waals surface area (Å²) in [5.41, 5.74) is 4.96. The molecule has 4 aromatic rings. The summed E-state index contributed by atoms with van der Waals surface area (Å²) in [6, 6.07) is 14.2. The van der Waals surface area contributed by atoms with Gasteiger partial charge in [-0.1, -0.05) is 19.1 Å². The van der Waals surface area contributed by atoms with E-state index in [-0.39, 0.29) is 19.4 Å². The van der Waals surface area contributed by atoms with Crippen LogP contribution >= 0.6 is 13.5 Å². The fourth-order valence-corrected chi connectivity index (χ4v) is 3.73. The highest BCUT2D eigenvalue weighted by Gasteiger charge is 2.20. The van der Waals surface area contributed by atoms with Gasteiger partial charge in [-0.2, -0.15) is 13.5 Å². The Morgan fingerprint density at radius 1 is 1.00 bits per heavy atom. The third kappa shape index (κ3) is 4.45. The van der Waals surface area contributed by atoms with Gasteiger partial charge < -0.3 is 14.8 Å². The summed E-state index contributed by atoms with van der Waals surface area (Å²) in [5, 5.41) is 4.52. The highest BCUT2D eigenvalue weighted by atomic mass is 32.1. The minimum atomic E-state index is 0. The molecule has 1 atom stereocenters. The molecule has 0 unspecified atom stereocenters. The van der Waals surface area contributed by atoms with Crippen LogP contribution in [0, 0.1) is 6.92 Å². The van der Waals surface area contributed by atoms with E-state index in [0.29, 0.717) is 25.6 Å². The first-order chi connectivity index (χ1) is 15.2. The lowest BCUT2D eigenvalue weighted by atomic mass is 10.0. The number of fused-ring (bicyclic) bond motifs is 2. The third-order valence-electron chi connectivity index (χ3n) is 5.38. The average Bonchev–Trinajstić information content (AvgIpc) is 2.82. The van der Waals surface area contributed by atoms with E-state index in [9.17, 15) is 0 Å². The molecule has 0 aliphatic carbocycles. The quantitative estimate of drug-likeness (QED) is 0.482. The molecule has 7 nitrogen and oxygen atoms in total. The maximum atomic E-state index is 5.80. The molecule has 0 radical (unpaired) electrons. The number of hydrogen-bond donors (Lipinski definition) is 1. The van der Waals surface area contributed by atoms with E-state index in [0.717, 1.165) is 45.0 Å². The first kappa shape index (κ1) is 21.8. The molecular formula is C24H25N5O2S. The van der Waals surface area contributed by atoms with Crippen LogP contribution in [-0.2, 0) is 0 Å². The SMILES string of the molecule is Cc1ccc2cc(-c3cc(NC[C@@H](C)c4ccnc5c4OCCO5)ncn3)ccc2n1.S. The van der Waals surface area contributed by atoms with Crippen molar-refractivity contribution in [3.05, 3.63) is 66.2 Å². The fourth-order valence-electron chi connectivity index (χ4n) is 3.73.